The molecule has 26 heavy (non-hydrogen) atoms. The maximum absolute atomic E-state index is 12.9. The summed E-state index contributed by atoms with van der Waals surface area (Å²) < 4.78 is 4.67. The van der Waals surface area contributed by atoms with E-state index in [2.05, 4.69) is 15.0 Å². The number of carbonyl (C=O) groups excluding carboxylic acids is 3. The summed E-state index contributed by atoms with van der Waals surface area (Å²) in [6.45, 7) is 5.83. The van der Waals surface area contributed by atoms with E-state index in [4.69, 9.17) is 11.5 Å². The predicted octanol–water partition coefficient (Wildman–Crippen LogP) is -1.68. The third kappa shape index (κ3) is 4.84. The summed E-state index contributed by atoms with van der Waals surface area (Å²) in [5.41, 5.74) is 9.11. The van der Waals surface area contributed by atoms with Crippen molar-refractivity contribution in [3.8, 4) is 0 Å². The van der Waals surface area contributed by atoms with Gasteiger partial charge in [-0.1, -0.05) is 0 Å². The van der Waals surface area contributed by atoms with E-state index in [0.717, 1.165) is 7.11 Å². The highest BCUT2D eigenvalue weighted by molar-refractivity contribution is 5.88. The van der Waals surface area contributed by atoms with Gasteiger partial charge in [-0.05, 0) is 20.3 Å². The van der Waals surface area contributed by atoms with Crippen LogP contribution in [0, 0.1) is 5.92 Å². The number of methoxy groups -OCH3 is 1. The number of amides is 2. The lowest BCUT2D eigenvalue weighted by Gasteiger charge is -2.31. The van der Waals surface area contributed by atoms with Gasteiger partial charge in [-0.2, -0.15) is 0 Å². The summed E-state index contributed by atoms with van der Waals surface area (Å²) in [6, 6.07) is -1.69. The van der Waals surface area contributed by atoms with Crippen molar-refractivity contribution in [2.75, 3.05) is 20.2 Å². The number of guanidine groups is 1. The second-order valence-corrected chi connectivity index (χ2v) is 6.41. The molecule has 6 N–H and O–H groups in total. The van der Waals surface area contributed by atoms with Gasteiger partial charge in [0.1, 0.15) is 6.04 Å². The first-order valence-corrected chi connectivity index (χ1v) is 8.55. The molecular formula is C16H29N5O5. The first kappa shape index (κ1) is 21.7. The lowest BCUT2D eigenvalue weighted by molar-refractivity contribution is -0.162. The van der Waals surface area contributed by atoms with Crippen LogP contribution in [0.3, 0.4) is 0 Å². The highest BCUT2D eigenvalue weighted by Crippen LogP contribution is 2.40. The number of ether oxygens (including phenoxy) is 1. The lowest BCUT2D eigenvalue weighted by atomic mass is 9.91. The summed E-state index contributed by atoms with van der Waals surface area (Å²) in [6.07, 6.45) is -0.219. The molecule has 0 radical (unpaired) electrons. The fourth-order valence-electron chi connectivity index (χ4n) is 3.44. The van der Waals surface area contributed by atoms with Crippen LogP contribution >= 0.6 is 0 Å². The smallest absolute Gasteiger partial charge is 0.337 e. The van der Waals surface area contributed by atoms with E-state index in [1.54, 1.807) is 4.90 Å². The lowest BCUT2D eigenvalue weighted by Crippen LogP contribution is -2.53. The van der Waals surface area contributed by atoms with Crippen LogP contribution in [0.2, 0.25) is 0 Å². The van der Waals surface area contributed by atoms with E-state index in [1.807, 2.05) is 13.8 Å². The van der Waals surface area contributed by atoms with Crippen molar-refractivity contribution >= 4 is 23.7 Å². The molecule has 0 aromatic carbocycles. The van der Waals surface area contributed by atoms with Crippen LogP contribution in [-0.2, 0) is 19.1 Å². The van der Waals surface area contributed by atoms with Gasteiger partial charge in [0.25, 0.3) is 0 Å². The zero-order chi connectivity index (χ0) is 20.1. The van der Waals surface area contributed by atoms with Crippen molar-refractivity contribution in [2.45, 2.75) is 51.3 Å². The van der Waals surface area contributed by atoms with Crippen LogP contribution in [-0.4, -0.2) is 71.6 Å². The summed E-state index contributed by atoms with van der Waals surface area (Å²) >= 11 is 0. The average molecular weight is 371 g/mol. The Balaban J connectivity index is 3.30. The van der Waals surface area contributed by atoms with E-state index in [-0.39, 0.29) is 24.7 Å². The van der Waals surface area contributed by atoms with Gasteiger partial charge in [0, 0.05) is 32.4 Å². The van der Waals surface area contributed by atoms with Gasteiger partial charge < -0.3 is 31.5 Å². The van der Waals surface area contributed by atoms with Crippen LogP contribution in [0.25, 0.3) is 0 Å². The molecule has 10 nitrogen and oxygen atoms in total. The van der Waals surface area contributed by atoms with Gasteiger partial charge >= 0.3 is 5.97 Å². The standard InChI is InChI=1S/C16H29N5O5/c1-5-21(6-2)13(23)12(19-9(3)22)10-7-16(25,14(24)26-4)8-11(10)20-15(17)18/h10-12,25H,5-8H2,1-4H3,(H,19,22)(H4,17,18,20)/t10?,11?,12?,16-/m0/s1. The predicted molar refractivity (Wildman–Crippen MR) is 94.8 cm³/mol. The van der Waals surface area contributed by atoms with Gasteiger partial charge in [0.05, 0.1) is 13.2 Å². The molecule has 0 bridgehead atoms. The van der Waals surface area contributed by atoms with Gasteiger partial charge in [-0.3, -0.25) is 9.59 Å². The molecule has 0 aromatic heterocycles. The minimum atomic E-state index is -1.83. The van der Waals surface area contributed by atoms with E-state index >= 15 is 0 Å². The van der Waals surface area contributed by atoms with Crippen molar-refractivity contribution in [3.63, 3.8) is 0 Å². The molecule has 0 heterocycles. The topological polar surface area (TPSA) is 160 Å². The molecule has 1 aliphatic rings. The van der Waals surface area contributed by atoms with Crippen LogP contribution in [0.5, 0.6) is 0 Å². The molecule has 0 spiro atoms. The molecular weight excluding hydrogens is 342 g/mol. The van der Waals surface area contributed by atoms with Crippen molar-refractivity contribution < 1.29 is 24.2 Å². The number of aliphatic imine (C=N–C) groups is 1. The van der Waals surface area contributed by atoms with Crippen LogP contribution in [0.1, 0.15) is 33.6 Å². The minimum absolute atomic E-state index is 0.107. The number of aliphatic hydroxyl groups is 1. The fraction of sp³-hybridized carbons (Fsp3) is 0.750. The molecule has 1 aliphatic carbocycles. The number of likely N-dealkylation sites (N-methyl/N-ethyl adjacent to an activating group) is 1. The summed E-state index contributed by atoms with van der Waals surface area (Å²) in [5, 5.41) is 13.3. The monoisotopic (exact) mass is 371 g/mol. The van der Waals surface area contributed by atoms with E-state index in [1.165, 1.54) is 6.92 Å². The molecule has 1 rings (SSSR count). The fourth-order valence-corrected chi connectivity index (χ4v) is 3.44. The van der Waals surface area contributed by atoms with Crippen molar-refractivity contribution in [1.29, 1.82) is 0 Å². The summed E-state index contributed by atoms with van der Waals surface area (Å²) in [7, 11) is 1.16. The number of nitrogens with two attached hydrogens (primary N) is 2. The molecule has 2 amide bonds. The Morgan fingerprint density at radius 3 is 2.31 bits per heavy atom. The third-order valence-corrected chi connectivity index (χ3v) is 4.62. The molecule has 0 saturated heterocycles. The zero-order valence-electron chi connectivity index (χ0n) is 15.7. The normalized spacial score (nSPS) is 25.9. The number of nitrogens with zero attached hydrogens (tertiary/aromatic N) is 2. The molecule has 10 heteroatoms. The quantitative estimate of drug-likeness (QED) is 0.236. The Bertz CT molecular complexity index is 573. The van der Waals surface area contributed by atoms with Crippen molar-refractivity contribution in [2.24, 2.45) is 22.4 Å². The number of nitrogens with one attached hydrogen (secondary N) is 1. The highest BCUT2D eigenvalue weighted by atomic mass is 16.5. The first-order valence-electron chi connectivity index (χ1n) is 8.55. The maximum Gasteiger partial charge on any atom is 0.337 e. The molecule has 0 aromatic rings. The van der Waals surface area contributed by atoms with E-state index in [0.29, 0.717) is 13.1 Å². The Morgan fingerprint density at radius 1 is 1.31 bits per heavy atom. The average Bonchev–Trinajstić information content (AvgIpc) is 2.89. The zero-order valence-corrected chi connectivity index (χ0v) is 15.7. The van der Waals surface area contributed by atoms with Crippen LogP contribution in [0.4, 0.5) is 0 Å². The molecule has 3 unspecified atom stereocenters. The minimum Gasteiger partial charge on any atom is -0.467 e. The van der Waals surface area contributed by atoms with Gasteiger partial charge in [-0.15, -0.1) is 0 Å². The number of hydrogen-bond donors (Lipinski definition) is 4. The van der Waals surface area contributed by atoms with Crippen LogP contribution in [0.15, 0.2) is 4.99 Å². The maximum atomic E-state index is 12.9. The van der Waals surface area contributed by atoms with Gasteiger partial charge in [-0.25, -0.2) is 9.79 Å². The Labute approximate surface area is 152 Å². The third-order valence-electron chi connectivity index (χ3n) is 4.62. The van der Waals surface area contributed by atoms with Gasteiger partial charge in [0.2, 0.25) is 11.8 Å². The Kier molecular flexibility index (Phi) is 7.37. The van der Waals surface area contributed by atoms with E-state index in [9.17, 15) is 19.5 Å². The molecule has 0 aliphatic heterocycles. The second-order valence-electron chi connectivity index (χ2n) is 6.41. The molecule has 4 atom stereocenters. The number of rotatable bonds is 7. The van der Waals surface area contributed by atoms with Crippen molar-refractivity contribution in [1.82, 2.24) is 10.2 Å². The van der Waals surface area contributed by atoms with Crippen LogP contribution < -0.4 is 16.8 Å². The summed E-state index contributed by atoms with van der Waals surface area (Å²) in [4.78, 5) is 42.2. The molecule has 1 fully saturated rings. The Morgan fingerprint density at radius 2 is 1.88 bits per heavy atom. The van der Waals surface area contributed by atoms with Gasteiger partial charge in [0.15, 0.2) is 11.6 Å². The summed E-state index contributed by atoms with van der Waals surface area (Å²) in [5.74, 6) is -2.45. The number of hydrogen-bond acceptors (Lipinski definition) is 6. The SMILES string of the molecule is CCN(CC)C(=O)C(NC(C)=O)C1C[C@@](O)(C(=O)OC)CC1N=C(N)N. The molecule has 1 saturated carbocycles. The second kappa shape index (κ2) is 8.84. The molecule has 148 valence electrons. The number of esters is 1. The van der Waals surface area contributed by atoms with Crippen molar-refractivity contribution in [3.05, 3.63) is 0 Å². The first-order chi connectivity index (χ1) is 12.1. The number of carbonyl (C=O) groups is 3. The Hall–Kier alpha value is -2.36. The van der Waals surface area contributed by atoms with E-state index < -0.39 is 35.5 Å². The largest absolute Gasteiger partial charge is 0.467 e. The highest BCUT2D eigenvalue weighted by Gasteiger charge is 2.54.